The third kappa shape index (κ3) is 4.50. The summed E-state index contributed by atoms with van der Waals surface area (Å²) in [6.45, 7) is 8.64. The second-order valence-corrected chi connectivity index (χ2v) is 5.33. The van der Waals surface area contributed by atoms with Crippen molar-refractivity contribution in [3.63, 3.8) is 0 Å². The lowest BCUT2D eigenvalue weighted by Gasteiger charge is -2.22. The van der Waals surface area contributed by atoms with Gasteiger partial charge in [-0.2, -0.15) is 0 Å². The number of anilines is 1. The van der Waals surface area contributed by atoms with Crippen molar-refractivity contribution in [2.75, 3.05) is 11.2 Å². The van der Waals surface area contributed by atoms with Gasteiger partial charge < -0.3 is 5.32 Å². The van der Waals surface area contributed by atoms with Crippen molar-refractivity contribution in [3.8, 4) is 0 Å². The summed E-state index contributed by atoms with van der Waals surface area (Å²) in [5.74, 6) is 2.51. The molecule has 0 radical (unpaired) electrons. The molecule has 1 atom stereocenters. The molecule has 0 amide bonds. The Labute approximate surface area is 109 Å². The molecule has 1 heterocycles. The molecule has 0 aliphatic rings. The molecule has 1 aromatic rings. The van der Waals surface area contributed by atoms with E-state index in [1.807, 2.05) is 6.07 Å². The van der Waals surface area contributed by atoms with E-state index in [9.17, 15) is 0 Å². The van der Waals surface area contributed by atoms with Gasteiger partial charge in [0.2, 0.25) is 0 Å². The van der Waals surface area contributed by atoms with Crippen LogP contribution in [-0.2, 0) is 0 Å². The standard InChI is InChI=1S/C13H22ClN3/c1-9(2)11(5-6-14)17-13-7-12(10(3)4)15-8-16-13/h7-11H,5-6H2,1-4H3,(H,15,16,17). The zero-order valence-electron chi connectivity index (χ0n) is 11.1. The Morgan fingerprint density at radius 1 is 1.24 bits per heavy atom. The summed E-state index contributed by atoms with van der Waals surface area (Å²) in [4.78, 5) is 8.52. The first-order chi connectivity index (χ1) is 8.04. The molecule has 0 aliphatic heterocycles. The van der Waals surface area contributed by atoms with Gasteiger partial charge in [0, 0.05) is 23.7 Å². The van der Waals surface area contributed by atoms with Crippen LogP contribution in [0.4, 0.5) is 5.82 Å². The molecule has 96 valence electrons. The van der Waals surface area contributed by atoms with Gasteiger partial charge in [-0.15, -0.1) is 11.6 Å². The van der Waals surface area contributed by atoms with E-state index < -0.39 is 0 Å². The second-order valence-electron chi connectivity index (χ2n) is 4.96. The lowest BCUT2D eigenvalue weighted by molar-refractivity contribution is 0.511. The molecule has 0 aliphatic carbocycles. The molecule has 4 heteroatoms. The van der Waals surface area contributed by atoms with Gasteiger partial charge in [0.05, 0.1) is 0 Å². The van der Waals surface area contributed by atoms with Crippen molar-refractivity contribution in [1.82, 2.24) is 9.97 Å². The smallest absolute Gasteiger partial charge is 0.129 e. The first-order valence-corrected chi connectivity index (χ1v) is 6.72. The highest BCUT2D eigenvalue weighted by molar-refractivity contribution is 6.17. The normalized spacial score (nSPS) is 13.1. The lowest BCUT2D eigenvalue weighted by Crippen LogP contribution is -2.26. The molecule has 1 rings (SSSR count). The topological polar surface area (TPSA) is 37.8 Å². The number of hydrogen-bond acceptors (Lipinski definition) is 3. The highest BCUT2D eigenvalue weighted by Gasteiger charge is 2.13. The van der Waals surface area contributed by atoms with Crippen molar-refractivity contribution in [1.29, 1.82) is 0 Å². The van der Waals surface area contributed by atoms with E-state index >= 15 is 0 Å². The molecular weight excluding hydrogens is 234 g/mol. The minimum Gasteiger partial charge on any atom is -0.367 e. The van der Waals surface area contributed by atoms with Crippen molar-refractivity contribution in [2.45, 2.75) is 46.1 Å². The van der Waals surface area contributed by atoms with Crippen LogP contribution in [0.2, 0.25) is 0 Å². The van der Waals surface area contributed by atoms with Gasteiger partial charge >= 0.3 is 0 Å². The fraction of sp³-hybridized carbons (Fsp3) is 0.692. The van der Waals surface area contributed by atoms with Crippen molar-refractivity contribution in [3.05, 3.63) is 18.1 Å². The Hall–Kier alpha value is -0.830. The quantitative estimate of drug-likeness (QED) is 0.789. The molecule has 0 spiro atoms. The SMILES string of the molecule is CC(C)c1cc(NC(CCCl)C(C)C)ncn1. The minimum absolute atomic E-state index is 0.363. The molecule has 0 aromatic carbocycles. The van der Waals surface area contributed by atoms with Crippen molar-refractivity contribution in [2.24, 2.45) is 5.92 Å². The van der Waals surface area contributed by atoms with Crippen LogP contribution in [0.3, 0.4) is 0 Å². The third-order valence-corrected chi connectivity index (χ3v) is 3.06. The summed E-state index contributed by atoms with van der Waals surface area (Å²) in [6.07, 6.45) is 2.57. The number of nitrogens with one attached hydrogen (secondary N) is 1. The van der Waals surface area contributed by atoms with E-state index in [0.29, 0.717) is 23.8 Å². The van der Waals surface area contributed by atoms with Crippen LogP contribution in [0.5, 0.6) is 0 Å². The summed E-state index contributed by atoms with van der Waals surface area (Å²) >= 11 is 5.82. The van der Waals surface area contributed by atoms with Gasteiger partial charge in [0.25, 0.3) is 0 Å². The first kappa shape index (κ1) is 14.2. The summed E-state index contributed by atoms with van der Waals surface area (Å²) in [7, 11) is 0. The maximum absolute atomic E-state index is 5.82. The Morgan fingerprint density at radius 2 is 1.94 bits per heavy atom. The van der Waals surface area contributed by atoms with Gasteiger partial charge in [0.15, 0.2) is 0 Å². The maximum atomic E-state index is 5.82. The van der Waals surface area contributed by atoms with Crippen molar-refractivity contribution >= 4 is 17.4 Å². The van der Waals surface area contributed by atoms with E-state index in [-0.39, 0.29) is 0 Å². The number of aromatic nitrogens is 2. The Balaban J connectivity index is 2.75. The predicted molar refractivity (Wildman–Crippen MR) is 73.7 cm³/mol. The van der Waals surface area contributed by atoms with Crippen LogP contribution in [0.25, 0.3) is 0 Å². The maximum Gasteiger partial charge on any atom is 0.129 e. The molecule has 3 nitrogen and oxygen atoms in total. The van der Waals surface area contributed by atoms with Gasteiger partial charge in [-0.05, 0) is 18.3 Å². The van der Waals surface area contributed by atoms with Gasteiger partial charge in [-0.1, -0.05) is 27.7 Å². The zero-order valence-corrected chi connectivity index (χ0v) is 11.8. The summed E-state index contributed by atoms with van der Waals surface area (Å²) in [5.41, 5.74) is 1.07. The van der Waals surface area contributed by atoms with E-state index in [4.69, 9.17) is 11.6 Å². The highest BCUT2D eigenvalue weighted by atomic mass is 35.5. The second kappa shape index (κ2) is 6.80. The van der Waals surface area contributed by atoms with E-state index in [2.05, 4.69) is 43.0 Å². The fourth-order valence-electron chi connectivity index (χ4n) is 1.65. The average molecular weight is 256 g/mol. The Morgan fingerprint density at radius 3 is 2.47 bits per heavy atom. The van der Waals surface area contributed by atoms with Crippen LogP contribution >= 0.6 is 11.6 Å². The van der Waals surface area contributed by atoms with E-state index in [0.717, 1.165) is 17.9 Å². The number of nitrogens with zero attached hydrogens (tertiary/aromatic N) is 2. The number of halogens is 1. The summed E-state index contributed by atoms with van der Waals surface area (Å²) < 4.78 is 0. The zero-order chi connectivity index (χ0) is 12.8. The Kier molecular flexibility index (Phi) is 5.69. The predicted octanol–water partition coefficient (Wildman–Crippen LogP) is 3.67. The average Bonchev–Trinajstić information content (AvgIpc) is 2.28. The molecule has 0 saturated carbocycles. The Bertz CT molecular complexity index is 339. The number of rotatable bonds is 6. The van der Waals surface area contributed by atoms with Gasteiger partial charge in [0.1, 0.15) is 12.1 Å². The highest BCUT2D eigenvalue weighted by Crippen LogP contribution is 2.17. The van der Waals surface area contributed by atoms with E-state index in [1.165, 1.54) is 0 Å². The molecule has 0 saturated heterocycles. The van der Waals surface area contributed by atoms with E-state index in [1.54, 1.807) is 6.33 Å². The fourth-order valence-corrected chi connectivity index (χ4v) is 1.88. The number of hydrogen-bond donors (Lipinski definition) is 1. The molecule has 0 fully saturated rings. The molecule has 1 aromatic heterocycles. The van der Waals surface area contributed by atoms with Crippen molar-refractivity contribution < 1.29 is 0 Å². The first-order valence-electron chi connectivity index (χ1n) is 6.19. The van der Waals surface area contributed by atoms with Crippen LogP contribution in [-0.4, -0.2) is 21.9 Å². The minimum atomic E-state index is 0.363. The summed E-state index contributed by atoms with van der Waals surface area (Å²) in [6, 6.07) is 2.39. The third-order valence-electron chi connectivity index (χ3n) is 2.84. The molecular formula is C13H22ClN3. The largest absolute Gasteiger partial charge is 0.367 e. The van der Waals surface area contributed by atoms with Crippen LogP contribution in [0.1, 0.15) is 45.7 Å². The van der Waals surface area contributed by atoms with Gasteiger partial charge in [-0.25, -0.2) is 9.97 Å². The number of alkyl halides is 1. The van der Waals surface area contributed by atoms with Gasteiger partial charge in [-0.3, -0.25) is 0 Å². The summed E-state index contributed by atoms with van der Waals surface area (Å²) in [5, 5.41) is 3.44. The molecule has 1 N–H and O–H groups in total. The lowest BCUT2D eigenvalue weighted by atomic mass is 10.0. The van der Waals surface area contributed by atoms with Crippen LogP contribution < -0.4 is 5.32 Å². The van der Waals surface area contributed by atoms with Crippen LogP contribution in [0.15, 0.2) is 12.4 Å². The molecule has 0 bridgehead atoms. The molecule has 17 heavy (non-hydrogen) atoms. The molecule has 1 unspecified atom stereocenters. The van der Waals surface area contributed by atoms with Crippen LogP contribution in [0, 0.1) is 5.92 Å². The monoisotopic (exact) mass is 255 g/mol.